The quantitative estimate of drug-likeness (QED) is 0.876. The van der Waals surface area contributed by atoms with Gasteiger partial charge in [0.05, 0.1) is 20.3 Å². The lowest BCUT2D eigenvalue weighted by Gasteiger charge is -2.40. The molecule has 0 radical (unpaired) electrons. The van der Waals surface area contributed by atoms with Gasteiger partial charge in [0.15, 0.2) is 0 Å². The first-order valence-electron chi connectivity index (χ1n) is 9.32. The van der Waals surface area contributed by atoms with Crippen LogP contribution in [0, 0.1) is 11.8 Å². The monoisotopic (exact) mass is 348 g/mol. The number of fused-ring (bicyclic) bond motifs is 1. The summed E-state index contributed by atoms with van der Waals surface area (Å²) in [6.07, 6.45) is 4.31. The number of aliphatic hydroxyl groups is 1. The first kappa shape index (κ1) is 16.8. The van der Waals surface area contributed by atoms with Gasteiger partial charge in [-0.05, 0) is 50.6 Å². The van der Waals surface area contributed by atoms with Gasteiger partial charge < -0.3 is 19.5 Å². The van der Waals surface area contributed by atoms with Gasteiger partial charge in [-0.2, -0.15) is 9.97 Å². The second kappa shape index (κ2) is 6.96. The standard InChI is InChI=1S/C18H28N4O3/c1-24-17-9-16(19-18(20-17)25-2)22-10-12-7-14(21-5-3-4-6-21)15(23)8-13(12)11-22/h9,12-15,23H,3-8,10-11H2,1-2H3/t12-,13+,14-,15-/m1/s1. The summed E-state index contributed by atoms with van der Waals surface area (Å²) in [6.45, 7) is 4.19. The van der Waals surface area contributed by atoms with E-state index in [0.29, 0.717) is 29.8 Å². The van der Waals surface area contributed by atoms with Crippen LogP contribution in [0.2, 0.25) is 0 Å². The van der Waals surface area contributed by atoms with Crippen molar-refractivity contribution in [1.29, 1.82) is 0 Å². The molecule has 7 nitrogen and oxygen atoms in total. The van der Waals surface area contributed by atoms with E-state index in [4.69, 9.17) is 9.47 Å². The van der Waals surface area contributed by atoms with Crippen LogP contribution in [-0.4, -0.2) is 72.5 Å². The molecule has 0 aromatic carbocycles. The molecule has 4 rings (SSSR count). The Balaban J connectivity index is 1.49. The lowest BCUT2D eigenvalue weighted by atomic mass is 9.77. The Morgan fingerprint density at radius 1 is 1.04 bits per heavy atom. The van der Waals surface area contributed by atoms with E-state index >= 15 is 0 Å². The minimum atomic E-state index is -0.200. The summed E-state index contributed by atoms with van der Waals surface area (Å²) >= 11 is 0. The number of ether oxygens (including phenoxy) is 2. The zero-order valence-corrected chi connectivity index (χ0v) is 15.1. The highest BCUT2D eigenvalue weighted by molar-refractivity contribution is 5.44. The normalized spacial score (nSPS) is 32.7. The van der Waals surface area contributed by atoms with Crippen LogP contribution in [0.5, 0.6) is 11.9 Å². The molecule has 1 saturated carbocycles. The maximum absolute atomic E-state index is 10.7. The highest BCUT2D eigenvalue weighted by Gasteiger charge is 2.44. The average molecular weight is 348 g/mol. The van der Waals surface area contributed by atoms with Gasteiger partial charge in [-0.1, -0.05) is 0 Å². The van der Waals surface area contributed by atoms with Gasteiger partial charge in [0.1, 0.15) is 5.82 Å². The molecule has 0 spiro atoms. The van der Waals surface area contributed by atoms with E-state index in [0.717, 1.165) is 44.8 Å². The molecule has 138 valence electrons. The summed E-state index contributed by atoms with van der Waals surface area (Å²) < 4.78 is 10.5. The van der Waals surface area contributed by atoms with Crippen LogP contribution in [0.1, 0.15) is 25.7 Å². The molecule has 25 heavy (non-hydrogen) atoms. The Kier molecular flexibility index (Phi) is 4.69. The molecule has 0 bridgehead atoms. The third-order valence-electron chi connectivity index (χ3n) is 6.10. The molecular formula is C18H28N4O3. The van der Waals surface area contributed by atoms with Crippen molar-refractivity contribution < 1.29 is 14.6 Å². The lowest BCUT2D eigenvalue weighted by Crippen LogP contribution is -2.48. The van der Waals surface area contributed by atoms with Gasteiger partial charge in [0.25, 0.3) is 0 Å². The average Bonchev–Trinajstić information content (AvgIpc) is 3.29. The minimum Gasteiger partial charge on any atom is -0.481 e. The Morgan fingerprint density at radius 2 is 1.76 bits per heavy atom. The van der Waals surface area contributed by atoms with Crippen molar-refractivity contribution in [2.24, 2.45) is 11.8 Å². The molecule has 1 N–H and O–H groups in total. The van der Waals surface area contributed by atoms with Crippen LogP contribution in [0.25, 0.3) is 0 Å². The summed E-state index contributed by atoms with van der Waals surface area (Å²) in [5.41, 5.74) is 0. The van der Waals surface area contributed by atoms with Crippen molar-refractivity contribution in [2.75, 3.05) is 45.3 Å². The highest BCUT2D eigenvalue weighted by Crippen LogP contribution is 2.40. The van der Waals surface area contributed by atoms with E-state index in [2.05, 4.69) is 19.8 Å². The second-order valence-corrected chi connectivity index (χ2v) is 7.53. The number of methoxy groups -OCH3 is 2. The van der Waals surface area contributed by atoms with Crippen molar-refractivity contribution in [3.63, 3.8) is 0 Å². The molecular weight excluding hydrogens is 320 g/mol. The lowest BCUT2D eigenvalue weighted by molar-refractivity contribution is -0.000854. The molecule has 3 heterocycles. The van der Waals surface area contributed by atoms with E-state index < -0.39 is 0 Å². The number of hydrogen-bond acceptors (Lipinski definition) is 7. The molecule has 7 heteroatoms. The number of rotatable bonds is 4. The Morgan fingerprint density at radius 3 is 2.44 bits per heavy atom. The summed E-state index contributed by atoms with van der Waals surface area (Å²) in [5, 5.41) is 10.7. The van der Waals surface area contributed by atoms with E-state index in [1.54, 1.807) is 14.2 Å². The summed E-state index contributed by atoms with van der Waals surface area (Å²) in [6, 6.07) is 2.53. The molecule has 0 unspecified atom stereocenters. The maximum atomic E-state index is 10.7. The summed E-state index contributed by atoms with van der Waals surface area (Å²) in [5.74, 6) is 2.51. The van der Waals surface area contributed by atoms with Crippen molar-refractivity contribution >= 4 is 5.82 Å². The first-order valence-corrected chi connectivity index (χ1v) is 9.32. The smallest absolute Gasteiger partial charge is 0.321 e. The van der Waals surface area contributed by atoms with E-state index in [1.807, 2.05) is 6.07 Å². The molecule has 1 aliphatic carbocycles. The van der Waals surface area contributed by atoms with Crippen molar-refractivity contribution in [3.05, 3.63) is 6.07 Å². The molecule has 3 aliphatic rings. The number of anilines is 1. The number of likely N-dealkylation sites (tertiary alicyclic amines) is 1. The van der Waals surface area contributed by atoms with Gasteiger partial charge >= 0.3 is 6.01 Å². The molecule has 0 amide bonds. The van der Waals surface area contributed by atoms with Gasteiger partial charge in [-0.15, -0.1) is 0 Å². The van der Waals surface area contributed by atoms with Crippen molar-refractivity contribution in [2.45, 2.75) is 37.8 Å². The highest BCUT2D eigenvalue weighted by atomic mass is 16.5. The predicted molar refractivity (Wildman–Crippen MR) is 94.2 cm³/mol. The third-order valence-corrected chi connectivity index (χ3v) is 6.10. The number of hydrogen-bond donors (Lipinski definition) is 1. The molecule has 1 aromatic rings. The van der Waals surface area contributed by atoms with E-state index in [1.165, 1.54) is 12.8 Å². The van der Waals surface area contributed by atoms with Gasteiger partial charge in [0.2, 0.25) is 5.88 Å². The van der Waals surface area contributed by atoms with Crippen LogP contribution >= 0.6 is 0 Å². The number of aliphatic hydroxyl groups excluding tert-OH is 1. The number of aromatic nitrogens is 2. The van der Waals surface area contributed by atoms with Crippen LogP contribution in [0.3, 0.4) is 0 Å². The molecule has 1 aromatic heterocycles. The maximum Gasteiger partial charge on any atom is 0.321 e. The fraction of sp³-hybridized carbons (Fsp3) is 0.778. The molecule has 2 aliphatic heterocycles. The third kappa shape index (κ3) is 3.27. The minimum absolute atomic E-state index is 0.200. The largest absolute Gasteiger partial charge is 0.481 e. The summed E-state index contributed by atoms with van der Waals surface area (Å²) in [4.78, 5) is 13.5. The van der Waals surface area contributed by atoms with Gasteiger partial charge in [0, 0.05) is 25.2 Å². The summed E-state index contributed by atoms with van der Waals surface area (Å²) in [7, 11) is 3.17. The number of nitrogens with zero attached hydrogens (tertiary/aromatic N) is 4. The van der Waals surface area contributed by atoms with Crippen LogP contribution < -0.4 is 14.4 Å². The topological polar surface area (TPSA) is 71.0 Å². The van der Waals surface area contributed by atoms with Crippen LogP contribution in [-0.2, 0) is 0 Å². The molecule has 4 atom stereocenters. The predicted octanol–water partition coefficient (Wildman–Crippen LogP) is 1.17. The van der Waals surface area contributed by atoms with Crippen LogP contribution in [0.15, 0.2) is 6.07 Å². The van der Waals surface area contributed by atoms with Gasteiger partial charge in [-0.25, -0.2) is 0 Å². The Hall–Kier alpha value is -1.60. The SMILES string of the molecule is COc1cc(N2C[C@H]3C[C@@H](N4CCCC4)[C@H](O)C[C@H]3C2)nc(OC)n1. The van der Waals surface area contributed by atoms with Crippen molar-refractivity contribution in [3.8, 4) is 11.9 Å². The first-order chi connectivity index (χ1) is 12.2. The fourth-order valence-electron chi connectivity index (χ4n) is 4.81. The zero-order valence-electron chi connectivity index (χ0n) is 15.1. The molecule has 3 fully saturated rings. The Bertz CT molecular complexity index is 586. The van der Waals surface area contributed by atoms with Crippen LogP contribution in [0.4, 0.5) is 5.82 Å². The second-order valence-electron chi connectivity index (χ2n) is 7.53. The van der Waals surface area contributed by atoms with Crippen molar-refractivity contribution in [1.82, 2.24) is 14.9 Å². The van der Waals surface area contributed by atoms with Gasteiger partial charge in [-0.3, -0.25) is 4.90 Å². The Labute approximate surface area is 149 Å². The fourth-order valence-corrected chi connectivity index (χ4v) is 4.81. The van der Waals surface area contributed by atoms with E-state index in [9.17, 15) is 5.11 Å². The zero-order chi connectivity index (χ0) is 17.4. The molecule has 2 saturated heterocycles. The van der Waals surface area contributed by atoms with E-state index in [-0.39, 0.29) is 6.10 Å².